The van der Waals surface area contributed by atoms with E-state index in [0.29, 0.717) is 13.0 Å². The molecule has 2 nitrogen and oxygen atoms in total. The Kier molecular flexibility index (Phi) is 4.66. The molecule has 1 aromatic carbocycles. The summed E-state index contributed by atoms with van der Waals surface area (Å²) in [7, 11) is 0. The monoisotopic (exact) mass is 256 g/mol. The van der Waals surface area contributed by atoms with Gasteiger partial charge in [-0.25, -0.2) is 0 Å². The van der Waals surface area contributed by atoms with E-state index in [0.717, 1.165) is 16.6 Å². The highest BCUT2D eigenvalue weighted by Gasteiger charge is 2.03. The summed E-state index contributed by atoms with van der Waals surface area (Å²) in [5.74, 6) is 0.901. The van der Waals surface area contributed by atoms with Crippen LogP contribution in [0.3, 0.4) is 0 Å². The van der Waals surface area contributed by atoms with Crippen LogP contribution in [0.4, 0.5) is 0 Å². The number of alkyl halides is 1. The van der Waals surface area contributed by atoms with Crippen molar-refractivity contribution in [3.05, 3.63) is 29.8 Å². The fraction of sp³-hybridized carbons (Fsp3) is 0.364. The van der Waals surface area contributed by atoms with Crippen LogP contribution in [0.5, 0.6) is 5.75 Å². The third kappa shape index (κ3) is 3.14. The van der Waals surface area contributed by atoms with E-state index < -0.39 is 0 Å². The van der Waals surface area contributed by atoms with Crippen molar-refractivity contribution in [3.8, 4) is 5.75 Å². The van der Waals surface area contributed by atoms with Crippen LogP contribution < -0.4 is 4.74 Å². The van der Waals surface area contributed by atoms with Gasteiger partial charge >= 0.3 is 0 Å². The molecule has 0 radical (unpaired) electrons. The molecule has 0 aromatic heterocycles. The Hall–Kier alpha value is -0.830. The molecule has 0 fully saturated rings. The molecule has 0 aliphatic heterocycles. The number of Topliss-reactive ketones (excluding diaryl/α,β-unsaturated/α-hetero) is 1. The molecule has 0 aliphatic rings. The van der Waals surface area contributed by atoms with Gasteiger partial charge in [-0.05, 0) is 12.1 Å². The number of ether oxygens (including phenoxy) is 1. The maximum absolute atomic E-state index is 11.4. The van der Waals surface area contributed by atoms with Crippen LogP contribution in [0.1, 0.15) is 23.7 Å². The average molecular weight is 257 g/mol. The second-order valence-electron chi connectivity index (χ2n) is 2.84. The van der Waals surface area contributed by atoms with Crippen molar-refractivity contribution in [1.82, 2.24) is 0 Å². The van der Waals surface area contributed by atoms with Crippen LogP contribution in [-0.2, 0) is 0 Å². The summed E-state index contributed by atoms with van der Waals surface area (Å²) in [6.07, 6.45) is 0.530. The van der Waals surface area contributed by atoms with E-state index >= 15 is 0 Å². The van der Waals surface area contributed by atoms with Crippen molar-refractivity contribution in [3.63, 3.8) is 0 Å². The van der Waals surface area contributed by atoms with Crippen LogP contribution in [0.25, 0.3) is 0 Å². The summed E-state index contributed by atoms with van der Waals surface area (Å²) < 4.78 is 5.39. The van der Waals surface area contributed by atoms with E-state index in [2.05, 4.69) is 15.9 Å². The summed E-state index contributed by atoms with van der Waals surface area (Å²) >= 11 is 3.28. The van der Waals surface area contributed by atoms with Crippen LogP contribution in [0, 0.1) is 0 Å². The van der Waals surface area contributed by atoms with Gasteiger partial charge in [-0.15, -0.1) is 0 Å². The standard InChI is InChI=1S/C11H13BrO2/c1-2-11(13)9-4-3-5-10(8-9)14-7-6-12/h3-5,8H,2,6-7H2,1H3. The smallest absolute Gasteiger partial charge is 0.162 e. The van der Waals surface area contributed by atoms with E-state index in [1.165, 1.54) is 0 Å². The van der Waals surface area contributed by atoms with Crippen molar-refractivity contribution >= 4 is 21.7 Å². The fourth-order valence-electron chi connectivity index (χ4n) is 1.12. The zero-order valence-corrected chi connectivity index (χ0v) is 9.71. The SMILES string of the molecule is CCC(=O)c1cccc(OCCBr)c1. The molecule has 1 rings (SSSR count). The Balaban J connectivity index is 2.73. The van der Waals surface area contributed by atoms with E-state index in [1.807, 2.05) is 25.1 Å². The van der Waals surface area contributed by atoms with Crippen LogP contribution in [0.2, 0.25) is 0 Å². The number of ketones is 1. The fourth-order valence-corrected chi connectivity index (χ4v) is 1.28. The topological polar surface area (TPSA) is 26.3 Å². The minimum absolute atomic E-state index is 0.147. The van der Waals surface area contributed by atoms with Crippen molar-refractivity contribution in [1.29, 1.82) is 0 Å². The summed E-state index contributed by atoms with van der Waals surface area (Å²) in [5, 5.41) is 0.791. The first-order valence-electron chi connectivity index (χ1n) is 4.60. The molecule has 0 spiro atoms. The van der Waals surface area contributed by atoms with E-state index in [4.69, 9.17) is 4.74 Å². The molecule has 0 aliphatic carbocycles. The number of hydrogen-bond acceptors (Lipinski definition) is 2. The minimum Gasteiger partial charge on any atom is -0.493 e. The first-order chi connectivity index (χ1) is 6.77. The van der Waals surface area contributed by atoms with Crippen molar-refractivity contribution < 1.29 is 9.53 Å². The Morgan fingerprint density at radius 3 is 2.93 bits per heavy atom. The van der Waals surface area contributed by atoms with Gasteiger partial charge in [-0.2, -0.15) is 0 Å². The normalized spacial score (nSPS) is 9.86. The quantitative estimate of drug-likeness (QED) is 0.598. The minimum atomic E-state index is 0.147. The first kappa shape index (κ1) is 11.2. The Bertz CT molecular complexity index is 310. The predicted octanol–water partition coefficient (Wildman–Crippen LogP) is 3.05. The lowest BCUT2D eigenvalue weighted by Gasteiger charge is -2.05. The second-order valence-corrected chi connectivity index (χ2v) is 3.64. The Labute approximate surface area is 92.4 Å². The largest absolute Gasteiger partial charge is 0.493 e. The molecule has 0 bridgehead atoms. The van der Waals surface area contributed by atoms with Gasteiger partial charge in [-0.1, -0.05) is 35.0 Å². The van der Waals surface area contributed by atoms with Crippen LogP contribution in [-0.4, -0.2) is 17.7 Å². The molecule has 0 amide bonds. The predicted molar refractivity (Wildman–Crippen MR) is 60.4 cm³/mol. The average Bonchev–Trinajstić information content (AvgIpc) is 2.25. The highest BCUT2D eigenvalue weighted by Crippen LogP contribution is 2.14. The van der Waals surface area contributed by atoms with Gasteiger partial charge in [0.25, 0.3) is 0 Å². The highest BCUT2D eigenvalue weighted by molar-refractivity contribution is 9.09. The lowest BCUT2D eigenvalue weighted by atomic mass is 10.1. The second kappa shape index (κ2) is 5.81. The number of carbonyl (C=O) groups is 1. The number of benzene rings is 1. The van der Waals surface area contributed by atoms with Crippen molar-refractivity contribution in [2.75, 3.05) is 11.9 Å². The number of hydrogen-bond donors (Lipinski definition) is 0. The number of carbonyl (C=O) groups excluding carboxylic acids is 1. The molecule has 0 atom stereocenters. The van der Waals surface area contributed by atoms with Gasteiger partial charge in [0.1, 0.15) is 5.75 Å². The van der Waals surface area contributed by atoms with Gasteiger partial charge in [0.05, 0.1) is 6.61 Å². The molecule has 14 heavy (non-hydrogen) atoms. The molecule has 0 unspecified atom stereocenters. The summed E-state index contributed by atoms with van der Waals surface area (Å²) in [6, 6.07) is 7.29. The van der Waals surface area contributed by atoms with Gasteiger partial charge in [0.2, 0.25) is 0 Å². The molecular weight excluding hydrogens is 244 g/mol. The maximum Gasteiger partial charge on any atom is 0.162 e. The lowest BCUT2D eigenvalue weighted by molar-refractivity contribution is 0.0987. The maximum atomic E-state index is 11.4. The molecule has 0 saturated heterocycles. The van der Waals surface area contributed by atoms with E-state index in [-0.39, 0.29) is 5.78 Å². The van der Waals surface area contributed by atoms with Gasteiger partial charge < -0.3 is 4.74 Å². The molecule has 3 heteroatoms. The van der Waals surface area contributed by atoms with Gasteiger partial charge in [-0.3, -0.25) is 4.79 Å². The molecule has 0 N–H and O–H groups in total. The zero-order chi connectivity index (χ0) is 10.4. The van der Waals surface area contributed by atoms with Crippen molar-refractivity contribution in [2.45, 2.75) is 13.3 Å². The molecule has 76 valence electrons. The Morgan fingerprint density at radius 2 is 2.29 bits per heavy atom. The zero-order valence-electron chi connectivity index (χ0n) is 8.13. The first-order valence-corrected chi connectivity index (χ1v) is 5.72. The number of rotatable bonds is 5. The third-order valence-corrected chi connectivity index (χ3v) is 2.15. The van der Waals surface area contributed by atoms with Crippen LogP contribution >= 0.6 is 15.9 Å². The summed E-state index contributed by atoms with van der Waals surface area (Å²) in [6.45, 7) is 2.47. The molecule has 1 aromatic rings. The summed E-state index contributed by atoms with van der Waals surface area (Å²) in [4.78, 5) is 11.4. The number of halogens is 1. The molecule has 0 saturated carbocycles. The summed E-state index contributed by atoms with van der Waals surface area (Å²) in [5.41, 5.74) is 0.722. The van der Waals surface area contributed by atoms with Gasteiger partial charge in [0.15, 0.2) is 5.78 Å². The van der Waals surface area contributed by atoms with Crippen LogP contribution in [0.15, 0.2) is 24.3 Å². The van der Waals surface area contributed by atoms with E-state index in [1.54, 1.807) is 6.07 Å². The van der Waals surface area contributed by atoms with E-state index in [9.17, 15) is 4.79 Å². The lowest BCUT2D eigenvalue weighted by Crippen LogP contribution is -2.00. The Morgan fingerprint density at radius 1 is 1.50 bits per heavy atom. The molecular formula is C11H13BrO2. The molecule has 0 heterocycles. The highest BCUT2D eigenvalue weighted by atomic mass is 79.9. The van der Waals surface area contributed by atoms with Gasteiger partial charge in [0, 0.05) is 17.3 Å². The third-order valence-electron chi connectivity index (χ3n) is 1.82. The van der Waals surface area contributed by atoms with Crippen molar-refractivity contribution in [2.24, 2.45) is 0 Å².